The number of carbonyl (C=O) groups is 2. The molecule has 1 aliphatic heterocycles. The molecular formula is C13H17N3O3S. The Morgan fingerprint density at radius 1 is 1.35 bits per heavy atom. The molecule has 7 heteroatoms. The molecule has 0 saturated carbocycles. The third-order valence-corrected chi connectivity index (χ3v) is 4.94. The lowest BCUT2D eigenvalue weighted by Gasteiger charge is -2.30. The summed E-state index contributed by atoms with van der Waals surface area (Å²) in [4.78, 5) is 30.4. The Morgan fingerprint density at radius 2 is 2.20 bits per heavy atom. The highest BCUT2D eigenvalue weighted by atomic mass is 32.1. The number of aryl methyl sites for hydroxylation is 2. The number of nitrogens with zero attached hydrogens (tertiary/aromatic N) is 2. The number of aromatic nitrogens is 1. The third kappa shape index (κ3) is 2.63. The molecule has 0 aromatic carbocycles. The predicted molar refractivity (Wildman–Crippen MR) is 75.1 cm³/mol. The van der Waals surface area contributed by atoms with Crippen molar-refractivity contribution in [1.82, 2.24) is 9.88 Å². The van der Waals surface area contributed by atoms with Crippen LogP contribution in [0.4, 0.5) is 9.93 Å². The van der Waals surface area contributed by atoms with Crippen LogP contribution in [0.2, 0.25) is 0 Å². The molecule has 1 aliphatic carbocycles. The fraction of sp³-hybridized carbons (Fsp3) is 0.615. The second kappa shape index (κ2) is 5.40. The summed E-state index contributed by atoms with van der Waals surface area (Å²) in [6, 6.07) is -0.233. The summed E-state index contributed by atoms with van der Waals surface area (Å²) in [6.45, 7) is 0.896. The molecule has 0 unspecified atom stereocenters. The zero-order chi connectivity index (χ0) is 14.1. The van der Waals surface area contributed by atoms with Crippen LogP contribution in [-0.2, 0) is 17.6 Å². The number of carbonyl (C=O) groups excluding carboxylic acids is 1. The quantitative estimate of drug-likeness (QED) is 0.873. The molecule has 0 bridgehead atoms. The summed E-state index contributed by atoms with van der Waals surface area (Å²) in [6.07, 6.45) is 4.57. The van der Waals surface area contributed by atoms with Crippen molar-refractivity contribution >= 4 is 28.5 Å². The molecule has 0 spiro atoms. The topological polar surface area (TPSA) is 82.5 Å². The van der Waals surface area contributed by atoms with Crippen molar-refractivity contribution in [3.05, 3.63) is 10.6 Å². The van der Waals surface area contributed by atoms with Crippen molar-refractivity contribution in [2.45, 2.75) is 32.1 Å². The largest absolute Gasteiger partial charge is 0.481 e. The fourth-order valence-electron chi connectivity index (χ4n) is 2.78. The van der Waals surface area contributed by atoms with Crippen LogP contribution in [-0.4, -0.2) is 40.1 Å². The van der Waals surface area contributed by atoms with Gasteiger partial charge in [-0.3, -0.25) is 10.1 Å². The lowest BCUT2D eigenvalue weighted by atomic mass is 9.99. The molecule has 0 radical (unpaired) electrons. The lowest BCUT2D eigenvalue weighted by molar-refractivity contribution is -0.143. The van der Waals surface area contributed by atoms with Gasteiger partial charge in [0.25, 0.3) is 0 Å². The number of hydrogen-bond acceptors (Lipinski definition) is 4. The Hall–Kier alpha value is -1.63. The molecular weight excluding hydrogens is 278 g/mol. The lowest BCUT2D eigenvalue weighted by Crippen LogP contribution is -2.44. The van der Waals surface area contributed by atoms with Crippen molar-refractivity contribution in [2.75, 3.05) is 18.4 Å². The van der Waals surface area contributed by atoms with E-state index in [1.807, 2.05) is 0 Å². The number of aliphatic carboxylic acids is 1. The van der Waals surface area contributed by atoms with Crippen LogP contribution < -0.4 is 5.32 Å². The van der Waals surface area contributed by atoms with Crippen LogP contribution in [0.5, 0.6) is 0 Å². The number of urea groups is 1. The van der Waals surface area contributed by atoms with E-state index in [9.17, 15) is 9.59 Å². The molecule has 6 nitrogen and oxygen atoms in total. The van der Waals surface area contributed by atoms with E-state index < -0.39 is 11.9 Å². The number of rotatable bonds is 2. The second-order valence-electron chi connectivity index (χ2n) is 5.30. The molecule has 1 saturated heterocycles. The third-order valence-electron chi connectivity index (χ3n) is 3.87. The van der Waals surface area contributed by atoms with E-state index in [4.69, 9.17) is 5.11 Å². The Labute approximate surface area is 120 Å². The number of nitrogens with one attached hydrogen (secondary N) is 1. The average molecular weight is 295 g/mol. The number of carboxylic acid groups (broad SMARTS) is 1. The maximum atomic E-state index is 12.2. The van der Waals surface area contributed by atoms with Crippen LogP contribution in [0.1, 0.15) is 29.8 Å². The molecule has 20 heavy (non-hydrogen) atoms. The number of amides is 2. The summed E-state index contributed by atoms with van der Waals surface area (Å²) in [5.74, 6) is -1.27. The van der Waals surface area contributed by atoms with Gasteiger partial charge in [-0.25, -0.2) is 9.78 Å². The van der Waals surface area contributed by atoms with Gasteiger partial charge in [-0.1, -0.05) is 0 Å². The van der Waals surface area contributed by atoms with Gasteiger partial charge in [0.1, 0.15) is 0 Å². The van der Waals surface area contributed by atoms with Crippen molar-refractivity contribution < 1.29 is 14.7 Å². The summed E-state index contributed by atoms with van der Waals surface area (Å²) >= 11 is 1.54. The number of thiazole rings is 1. The van der Waals surface area contributed by atoms with Crippen LogP contribution in [0.25, 0.3) is 0 Å². The van der Waals surface area contributed by atoms with Crippen molar-refractivity contribution in [2.24, 2.45) is 5.92 Å². The number of fused-ring (bicyclic) bond motifs is 1. The Kier molecular flexibility index (Phi) is 3.60. The monoisotopic (exact) mass is 295 g/mol. The van der Waals surface area contributed by atoms with Gasteiger partial charge in [0.2, 0.25) is 0 Å². The minimum absolute atomic E-state index is 0.233. The van der Waals surface area contributed by atoms with Gasteiger partial charge in [-0.05, 0) is 32.1 Å². The normalized spacial score (nSPS) is 21.6. The second-order valence-corrected chi connectivity index (χ2v) is 6.38. The Balaban J connectivity index is 1.62. The summed E-state index contributed by atoms with van der Waals surface area (Å²) in [5.41, 5.74) is 1.10. The zero-order valence-corrected chi connectivity index (χ0v) is 11.9. The Bertz CT molecular complexity index is 521. The van der Waals surface area contributed by atoms with Crippen molar-refractivity contribution in [1.29, 1.82) is 0 Å². The van der Waals surface area contributed by atoms with Crippen molar-refractivity contribution in [3.63, 3.8) is 0 Å². The van der Waals surface area contributed by atoms with E-state index in [1.54, 1.807) is 4.90 Å². The number of likely N-dealkylation sites (tertiary alicyclic amines) is 1. The fourth-order valence-corrected chi connectivity index (χ4v) is 3.82. The molecule has 2 aliphatic rings. The van der Waals surface area contributed by atoms with Gasteiger partial charge in [0.05, 0.1) is 11.6 Å². The number of hydrogen-bond donors (Lipinski definition) is 2. The van der Waals surface area contributed by atoms with Gasteiger partial charge in [-0.2, -0.15) is 0 Å². The first kappa shape index (κ1) is 13.4. The minimum atomic E-state index is -0.823. The van der Waals surface area contributed by atoms with Crippen molar-refractivity contribution in [3.8, 4) is 0 Å². The number of piperidine rings is 1. The first-order valence-electron chi connectivity index (χ1n) is 6.91. The van der Waals surface area contributed by atoms with Gasteiger partial charge >= 0.3 is 12.0 Å². The van der Waals surface area contributed by atoms with Crippen LogP contribution in [0.15, 0.2) is 0 Å². The maximum Gasteiger partial charge on any atom is 0.323 e. The SMILES string of the molecule is O=C(O)[C@@H]1CCCN(C(=O)Nc2nc3c(s2)CCC3)C1. The summed E-state index contributed by atoms with van der Waals surface area (Å²) in [5, 5.41) is 12.5. The molecule has 2 heterocycles. The smallest absolute Gasteiger partial charge is 0.323 e. The molecule has 1 aromatic heterocycles. The highest BCUT2D eigenvalue weighted by Crippen LogP contribution is 2.30. The van der Waals surface area contributed by atoms with E-state index in [0.29, 0.717) is 18.1 Å². The van der Waals surface area contributed by atoms with E-state index in [0.717, 1.165) is 31.4 Å². The van der Waals surface area contributed by atoms with Crippen LogP contribution in [0.3, 0.4) is 0 Å². The molecule has 2 amide bonds. The standard InChI is InChI=1S/C13H17N3O3S/c17-11(18)8-3-2-6-16(7-8)13(19)15-12-14-9-4-1-5-10(9)20-12/h8H,1-7H2,(H,17,18)(H,14,15,19)/t8-/m1/s1. The highest BCUT2D eigenvalue weighted by molar-refractivity contribution is 7.15. The highest BCUT2D eigenvalue weighted by Gasteiger charge is 2.28. The summed E-state index contributed by atoms with van der Waals surface area (Å²) in [7, 11) is 0. The van der Waals surface area contributed by atoms with E-state index in [1.165, 1.54) is 16.2 Å². The van der Waals surface area contributed by atoms with E-state index >= 15 is 0 Å². The number of carboxylic acids is 1. The summed E-state index contributed by atoms with van der Waals surface area (Å²) < 4.78 is 0. The van der Waals surface area contributed by atoms with Gasteiger partial charge in [-0.15, -0.1) is 11.3 Å². The zero-order valence-electron chi connectivity index (χ0n) is 11.1. The molecule has 108 valence electrons. The molecule has 3 rings (SSSR count). The minimum Gasteiger partial charge on any atom is -0.481 e. The van der Waals surface area contributed by atoms with Crippen LogP contribution in [0, 0.1) is 5.92 Å². The van der Waals surface area contributed by atoms with Gasteiger partial charge in [0, 0.05) is 18.0 Å². The van der Waals surface area contributed by atoms with Gasteiger partial charge < -0.3 is 10.0 Å². The van der Waals surface area contributed by atoms with E-state index in [-0.39, 0.29) is 12.6 Å². The molecule has 1 fully saturated rings. The van der Waals surface area contributed by atoms with Gasteiger partial charge in [0.15, 0.2) is 5.13 Å². The molecule has 1 aromatic rings. The average Bonchev–Trinajstić information content (AvgIpc) is 2.99. The first-order chi connectivity index (χ1) is 9.63. The van der Waals surface area contributed by atoms with E-state index in [2.05, 4.69) is 10.3 Å². The molecule has 1 atom stereocenters. The molecule has 2 N–H and O–H groups in total. The first-order valence-corrected chi connectivity index (χ1v) is 7.72. The predicted octanol–water partition coefficient (Wildman–Crippen LogP) is 1.96. The van der Waals surface area contributed by atoms with Crippen LogP contribution >= 0.6 is 11.3 Å². The maximum absolute atomic E-state index is 12.2. The number of anilines is 1. The Morgan fingerprint density at radius 3 is 2.95 bits per heavy atom.